The largest absolute Gasteiger partial charge is 0.481 e. The molecule has 1 aromatic rings. The number of nitrogens with one attached hydrogen (secondary N) is 1. The molecule has 1 aliphatic rings. The summed E-state index contributed by atoms with van der Waals surface area (Å²) < 4.78 is 22.8. The van der Waals surface area contributed by atoms with Crippen molar-refractivity contribution in [2.75, 3.05) is 6.26 Å². The van der Waals surface area contributed by atoms with Crippen LogP contribution in [0.25, 0.3) is 0 Å². The smallest absolute Gasteiger partial charge is 0.306 e. The van der Waals surface area contributed by atoms with Crippen LogP contribution in [0.5, 0.6) is 0 Å². The van der Waals surface area contributed by atoms with Gasteiger partial charge in [-0.25, -0.2) is 8.42 Å². The lowest BCUT2D eigenvalue weighted by Gasteiger charge is -2.11. The monoisotopic (exact) mass is 317 g/mol. The molecule has 1 amide bonds. The second-order valence-corrected chi connectivity index (χ2v) is 8.10. The standard InChI is InChI=1S/C12H15NO5S2/c1-20(17,18)10-5-8(6-19-10)11(14)13-9-3-2-7(4-9)12(15)16/h5-7,9H,2-4H2,1H3,(H,13,14)(H,15,16)/t7-,9+/m0/s1. The Balaban J connectivity index is 1.99. The first kappa shape index (κ1) is 15.0. The number of hydrogen-bond acceptors (Lipinski definition) is 5. The van der Waals surface area contributed by atoms with Crippen LogP contribution in [0, 0.1) is 5.92 Å². The Labute approximate surface area is 120 Å². The summed E-state index contributed by atoms with van der Waals surface area (Å²) in [7, 11) is -3.30. The summed E-state index contributed by atoms with van der Waals surface area (Å²) in [5.74, 6) is -1.60. The third kappa shape index (κ3) is 3.37. The minimum Gasteiger partial charge on any atom is -0.481 e. The van der Waals surface area contributed by atoms with Crippen LogP contribution in [0.15, 0.2) is 15.7 Å². The fraction of sp³-hybridized carbons (Fsp3) is 0.500. The molecule has 0 aliphatic heterocycles. The number of carbonyl (C=O) groups is 2. The first-order chi connectivity index (χ1) is 9.27. The van der Waals surface area contributed by atoms with Crippen LogP contribution >= 0.6 is 11.3 Å². The fourth-order valence-corrected chi connectivity index (χ4v) is 4.03. The number of aliphatic carboxylic acids is 1. The van der Waals surface area contributed by atoms with Crippen LogP contribution in [-0.2, 0) is 14.6 Å². The van der Waals surface area contributed by atoms with Crippen molar-refractivity contribution < 1.29 is 23.1 Å². The molecular formula is C12H15NO5S2. The summed E-state index contributed by atoms with van der Waals surface area (Å²) in [5.41, 5.74) is 0.300. The van der Waals surface area contributed by atoms with Crippen LogP contribution in [0.2, 0.25) is 0 Å². The van der Waals surface area contributed by atoms with Gasteiger partial charge in [0.15, 0.2) is 9.84 Å². The second kappa shape index (κ2) is 5.53. The van der Waals surface area contributed by atoms with Crippen molar-refractivity contribution in [3.8, 4) is 0 Å². The highest BCUT2D eigenvalue weighted by atomic mass is 32.2. The van der Waals surface area contributed by atoms with Crippen molar-refractivity contribution in [3.63, 3.8) is 0 Å². The minimum absolute atomic E-state index is 0.150. The van der Waals surface area contributed by atoms with Crippen molar-refractivity contribution >= 4 is 33.1 Å². The van der Waals surface area contributed by atoms with Crippen molar-refractivity contribution in [2.24, 2.45) is 5.92 Å². The van der Waals surface area contributed by atoms with E-state index < -0.39 is 21.7 Å². The first-order valence-corrected chi connectivity index (χ1v) is 8.86. The average Bonchev–Trinajstić information content (AvgIpc) is 2.95. The van der Waals surface area contributed by atoms with Gasteiger partial charge in [-0.2, -0.15) is 0 Å². The molecule has 110 valence electrons. The van der Waals surface area contributed by atoms with Gasteiger partial charge in [-0.15, -0.1) is 11.3 Å². The normalized spacial score (nSPS) is 22.6. The Kier molecular flexibility index (Phi) is 4.14. The molecule has 0 spiro atoms. The molecule has 0 bridgehead atoms. The number of thiophene rings is 1. The minimum atomic E-state index is -3.30. The molecule has 0 saturated heterocycles. The second-order valence-electron chi connectivity index (χ2n) is 4.95. The van der Waals surface area contributed by atoms with Gasteiger partial charge in [-0.05, 0) is 25.3 Å². The van der Waals surface area contributed by atoms with Crippen LogP contribution in [0.1, 0.15) is 29.6 Å². The molecule has 6 nitrogen and oxygen atoms in total. The molecule has 2 N–H and O–H groups in total. The number of rotatable bonds is 4. The molecule has 1 aromatic heterocycles. The van der Waals surface area contributed by atoms with E-state index in [2.05, 4.69) is 5.32 Å². The lowest BCUT2D eigenvalue weighted by molar-refractivity contribution is -0.141. The predicted octanol–water partition coefficient (Wildman–Crippen LogP) is 1.13. The molecule has 2 atom stereocenters. The van der Waals surface area contributed by atoms with Crippen molar-refractivity contribution in [2.45, 2.75) is 29.5 Å². The van der Waals surface area contributed by atoms with Crippen molar-refractivity contribution in [1.82, 2.24) is 5.32 Å². The molecule has 0 unspecified atom stereocenters. The Hall–Kier alpha value is -1.41. The van der Waals surface area contributed by atoms with Gasteiger partial charge in [0.2, 0.25) is 0 Å². The maximum atomic E-state index is 12.0. The van der Waals surface area contributed by atoms with Crippen LogP contribution in [-0.4, -0.2) is 37.7 Å². The van der Waals surface area contributed by atoms with Gasteiger partial charge >= 0.3 is 5.97 Å². The fourth-order valence-electron chi connectivity index (χ4n) is 2.24. The Morgan fingerprint density at radius 1 is 1.40 bits per heavy atom. The van der Waals surface area contributed by atoms with E-state index in [1.807, 2.05) is 0 Å². The van der Waals surface area contributed by atoms with E-state index >= 15 is 0 Å². The first-order valence-electron chi connectivity index (χ1n) is 6.09. The summed E-state index contributed by atoms with van der Waals surface area (Å²) in [6, 6.07) is 1.18. The van der Waals surface area contributed by atoms with E-state index in [9.17, 15) is 18.0 Å². The summed E-state index contributed by atoms with van der Waals surface area (Å²) in [5, 5.41) is 13.1. The van der Waals surface area contributed by atoms with Gasteiger partial charge in [0.25, 0.3) is 5.91 Å². The van der Waals surface area contributed by atoms with E-state index in [1.54, 1.807) is 0 Å². The van der Waals surface area contributed by atoms with Crippen LogP contribution < -0.4 is 5.32 Å². The molecule has 20 heavy (non-hydrogen) atoms. The number of sulfone groups is 1. The molecule has 1 aliphatic carbocycles. The molecule has 1 heterocycles. The van der Waals surface area contributed by atoms with Crippen molar-refractivity contribution in [3.05, 3.63) is 17.0 Å². The number of carbonyl (C=O) groups excluding carboxylic acids is 1. The zero-order valence-corrected chi connectivity index (χ0v) is 12.5. The van der Waals surface area contributed by atoms with E-state index in [-0.39, 0.29) is 16.2 Å². The molecule has 1 saturated carbocycles. The quantitative estimate of drug-likeness (QED) is 0.867. The number of carboxylic acids is 1. The average molecular weight is 317 g/mol. The number of hydrogen-bond donors (Lipinski definition) is 2. The van der Waals surface area contributed by atoms with E-state index in [0.29, 0.717) is 24.8 Å². The number of carboxylic acid groups (broad SMARTS) is 1. The van der Waals surface area contributed by atoms with Gasteiger partial charge in [0, 0.05) is 17.7 Å². The summed E-state index contributed by atoms with van der Waals surface area (Å²) in [4.78, 5) is 22.8. The van der Waals surface area contributed by atoms with Gasteiger partial charge in [0.1, 0.15) is 4.21 Å². The van der Waals surface area contributed by atoms with Gasteiger partial charge < -0.3 is 10.4 Å². The summed E-state index contributed by atoms with van der Waals surface area (Å²) in [6.45, 7) is 0. The maximum absolute atomic E-state index is 12.0. The number of amides is 1. The van der Waals surface area contributed by atoms with Gasteiger partial charge in [0.05, 0.1) is 11.5 Å². The highest BCUT2D eigenvalue weighted by molar-refractivity contribution is 7.92. The molecule has 8 heteroatoms. The third-order valence-corrected chi connectivity index (χ3v) is 6.09. The third-order valence-electron chi connectivity index (χ3n) is 3.32. The zero-order valence-electron chi connectivity index (χ0n) is 10.8. The van der Waals surface area contributed by atoms with Gasteiger partial charge in [-0.1, -0.05) is 0 Å². The molecule has 0 radical (unpaired) electrons. The topological polar surface area (TPSA) is 101 Å². The van der Waals surface area contributed by atoms with E-state index in [1.165, 1.54) is 11.4 Å². The van der Waals surface area contributed by atoms with Crippen molar-refractivity contribution in [1.29, 1.82) is 0 Å². The highest BCUT2D eigenvalue weighted by Crippen LogP contribution is 2.26. The maximum Gasteiger partial charge on any atom is 0.306 e. The Morgan fingerprint density at radius 3 is 2.60 bits per heavy atom. The molecular weight excluding hydrogens is 302 g/mol. The molecule has 2 rings (SSSR count). The molecule has 1 fully saturated rings. The van der Waals surface area contributed by atoms with E-state index in [0.717, 1.165) is 17.6 Å². The summed E-state index contributed by atoms with van der Waals surface area (Å²) >= 11 is 1.01. The van der Waals surface area contributed by atoms with Crippen LogP contribution in [0.3, 0.4) is 0 Å². The Bertz CT molecular complexity index is 634. The lowest BCUT2D eigenvalue weighted by Crippen LogP contribution is -2.33. The van der Waals surface area contributed by atoms with E-state index in [4.69, 9.17) is 5.11 Å². The zero-order chi connectivity index (χ0) is 14.9. The van der Waals surface area contributed by atoms with Gasteiger partial charge in [-0.3, -0.25) is 9.59 Å². The highest BCUT2D eigenvalue weighted by Gasteiger charge is 2.30. The SMILES string of the molecule is CS(=O)(=O)c1cc(C(=O)N[C@@H]2CC[C@H](C(=O)O)C2)cs1. The molecule has 0 aromatic carbocycles. The Morgan fingerprint density at radius 2 is 2.10 bits per heavy atom. The lowest BCUT2D eigenvalue weighted by atomic mass is 10.1. The van der Waals surface area contributed by atoms with Crippen LogP contribution in [0.4, 0.5) is 0 Å². The summed E-state index contributed by atoms with van der Waals surface area (Å²) in [6.07, 6.45) is 2.70. The predicted molar refractivity (Wildman–Crippen MR) is 73.7 cm³/mol.